The van der Waals surface area contributed by atoms with Gasteiger partial charge in [0.25, 0.3) is 0 Å². The van der Waals surface area contributed by atoms with E-state index in [4.69, 9.17) is 0 Å². The molecule has 1 N–H and O–H groups in total. The van der Waals surface area contributed by atoms with Gasteiger partial charge in [-0.3, -0.25) is 0 Å². The van der Waals surface area contributed by atoms with E-state index < -0.39 is 29.5 Å². The number of benzene rings is 2. The zero-order valence-corrected chi connectivity index (χ0v) is 10.9. The monoisotopic (exact) mass is 302 g/mol. The molecule has 0 saturated carbocycles. The van der Waals surface area contributed by atoms with E-state index in [1.807, 2.05) is 0 Å². The summed E-state index contributed by atoms with van der Waals surface area (Å²) in [7, 11) is 0. The first-order valence-electron chi connectivity index (χ1n) is 6.00. The highest BCUT2D eigenvalue weighted by Crippen LogP contribution is 2.33. The van der Waals surface area contributed by atoms with Gasteiger partial charge in [-0.05, 0) is 47.9 Å². The number of hydrogen-bond donors (Lipinski definition) is 1. The van der Waals surface area contributed by atoms with Gasteiger partial charge in [0.2, 0.25) is 0 Å². The zero-order valence-electron chi connectivity index (χ0n) is 10.9. The maximum absolute atomic E-state index is 13.3. The lowest BCUT2D eigenvalue weighted by atomic mass is 9.98. The third-order valence-corrected chi connectivity index (χ3v) is 3.06. The van der Waals surface area contributed by atoms with Crippen molar-refractivity contribution in [3.63, 3.8) is 0 Å². The summed E-state index contributed by atoms with van der Waals surface area (Å²) in [6.07, 6.45) is -6.18. The van der Waals surface area contributed by atoms with E-state index in [0.29, 0.717) is 12.1 Å². The number of hydrogen-bond acceptors (Lipinski definition) is 1. The maximum atomic E-state index is 13.3. The standard InChI is InChI=1S/C15H11F5O/c1-8-4-9(2-3-13(8)17)14(21)10-5-11(15(18,19)20)7-12(16)6-10/h2-7,14,21H,1H3. The maximum Gasteiger partial charge on any atom is 0.416 e. The van der Waals surface area contributed by atoms with Crippen molar-refractivity contribution < 1.29 is 27.1 Å². The minimum atomic E-state index is -4.71. The van der Waals surface area contributed by atoms with Crippen LogP contribution in [0, 0.1) is 18.6 Å². The Morgan fingerprint density at radius 3 is 2.19 bits per heavy atom. The van der Waals surface area contributed by atoms with Crippen LogP contribution in [0.2, 0.25) is 0 Å². The first kappa shape index (κ1) is 15.4. The van der Waals surface area contributed by atoms with Crippen LogP contribution in [0.3, 0.4) is 0 Å². The average Bonchev–Trinajstić information content (AvgIpc) is 2.39. The van der Waals surface area contributed by atoms with Gasteiger partial charge in [-0.2, -0.15) is 13.2 Å². The molecule has 1 atom stereocenters. The second kappa shape index (κ2) is 5.44. The minimum absolute atomic E-state index is 0.188. The van der Waals surface area contributed by atoms with Crippen molar-refractivity contribution in [2.24, 2.45) is 0 Å². The Labute approximate surface area is 117 Å². The van der Waals surface area contributed by atoms with Gasteiger partial charge in [-0.25, -0.2) is 8.78 Å². The number of alkyl halides is 3. The van der Waals surface area contributed by atoms with Crippen molar-refractivity contribution in [2.45, 2.75) is 19.2 Å². The second-order valence-corrected chi connectivity index (χ2v) is 4.68. The summed E-state index contributed by atoms with van der Waals surface area (Å²) in [6, 6.07) is 5.48. The van der Waals surface area contributed by atoms with Gasteiger partial charge in [0.15, 0.2) is 0 Å². The van der Waals surface area contributed by atoms with E-state index in [1.54, 1.807) is 0 Å². The summed E-state index contributed by atoms with van der Waals surface area (Å²) in [5.74, 6) is -1.60. The quantitative estimate of drug-likeness (QED) is 0.817. The van der Waals surface area contributed by atoms with Crippen molar-refractivity contribution in [2.75, 3.05) is 0 Å². The lowest BCUT2D eigenvalue weighted by molar-refractivity contribution is -0.137. The lowest BCUT2D eigenvalue weighted by Crippen LogP contribution is -2.09. The van der Waals surface area contributed by atoms with Crippen molar-refractivity contribution >= 4 is 0 Å². The molecule has 2 aromatic rings. The fourth-order valence-electron chi connectivity index (χ4n) is 1.96. The Balaban J connectivity index is 2.45. The van der Waals surface area contributed by atoms with E-state index in [9.17, 15) is 27.1 Å². The molecule has 2 aromatic carbocycles. The van der Waals surface area contributed by atoms with Crippen LogP contribution in [0.5, 0.6) is 0 Å². The molecule has 1 nitrogen and oxygen atoms in total. The molecule has 2 rings (SSSR count). The number of aryl methyl sites for hydroxylation is 1. The van der Waals surface area contributed by atoms with E-state index in [0.717, 1.165) is 12.1 Å². The molecule has 0 saturated heterocycles. The van der Waals surface area contributed by atoms with Crippen LogP contribution < -0.4 is 0 Å². The van der Waals surface area contributed by atoms with Gasteiger partial charge >= 0.3 is 6.18 Å². The number of rotatable bonds is 2. The summed E-state index contributed by atoms with van der Waals surface area (Å²) in [6.45, 7) is 1.46. The van der Waals surface area contributed by atoms with E-state index in [2.05, 4.69) is 0 Å². The highest BCUT2D eigenvalue weighted by atomic mass is 19.4. The van der Waals surface area contributed by atoms with Gasteiger partial charge < -0.3 is 5.11 Å². The molecule has 0 aliphatic rings. The lowest BCUT2D eigenvalue weighted by Gasteiger charge is -2.15. The minimum Gasteiger partial charge on any atom is -0.384 e. The highest BCUT2D eigenvalue weighted by Gasteiger charge is 2.32. The highest BCUT2D eigenvalue weighted by molar-refractivity contribution is 5.36. The molecule has 0 radical (unpaired) electrons. The first-order valence-corrected chi connectivity index (χ1v) is 6.00. The topological polar surface area (TPSA) is 20.2 Å². The zero-order chi connectivity index (χ0) is 15.8. The van der Waals surface area contributed by atoms with E-state index in [-0.39, 0.29) is 16.7 Å². The van der Waals surface area contributed by atoms with Gasteiger partial charge in [0, 0.05) is 0 Å². The Hall–Kier alpha value is -1.95. The second-order valence-electron chi connectivity index (χ2n) is 4.68. The molecule has 1 unspecified atom stereocenters. The SMILES string of the molecule is Cc1cc(C(O)c2cc(F)cc(C(F)(F)F)c2)ccc1F. The Kier molecular flexibility index (Phi) is 4.00. The fraction of sp³-hybridized carbons (Fsp3) is 0.200. The average molecular weight is 302 g/mol. The van der Waals surface area contributed by atoms with E-state index in [1.165, 1.54) is 19.1 Å². The van der Waals surface area contributed by atoms with Crippen molar-refractivity contribution in [3.05, 3.63) is 70.3 Å². The van der Waals surface area contributed by atoms with E-state index >= 15 is 0 Å². The van der Waals surface area contributed by atoms with Crippen molar-refractivity contribution in [1.82, 2.24) is 0 Å². The number of aliphatic hydroxyl groups excluding tert-OH is 1. The number of halogens is 5. The molecule has 0 fully saturated rings. The van der Waals surface area contributed by atoms with Gasteiger partial charge in [0.05, 0.1) is 5.56 Å². The smallest absolute Gasteiger partial charge is 0.384 e. The molecule has 0 bridgehead atoms. The summed E-state index contributed by atoms with van der Waals surface area (Å²) in [5.41, 5.74) is -1.00. The van der Waals surface area contributed by atoms with Crippen LogP contribution in [0.4, 0.5) is 22.0 Å². The molecule has 0 amide bonds. The first-order chi connectivity index (χ1) is 9.68. The van der Waals surface area contributed by atoms with Gasteiger partial charge in [-0.15, -0.1) is 0 Å². The molecule has 6 heteroatoms. The summed E-state index contributed by atoms with van der Waals surface area (Å²) in [5, 5.41) is 10.1. The molecule has 0 aliphatic carbocycles. The van der Waals surface area contributed by atoms with Crippen LogP contribution in [0.25, 0.3) is 0 Å². The molecular weight excluding hydrogens is 291 g/mol. The van der Waals surface area contributed by atoms with Crippen molar-refractivity contribution in [1.29, 1.82) is 0 Å². The van der Waals surface area contributed by atoms with Gasteiger partial charge in [0.1, 0.15) is 17.7 Å². The van der Waals surface area contributed by atoms with Crippen LogP contribution in [-0.4, -0.2) is 5.11 Å². The van der Waals surface area contributed by atoms with Crippen LogP contribution in [0.1, 0.15) is 28.4 Å². The predicted molar refractivity (Wildman–Crippen MR) is 66.6 cm³/mol. The molecule has 0 heterocycles. The predicted octanol–water partition coefficient (Wildman–Crippen LogP) is 4.37. The summed E-state index contributed by atoms with van der Waals surface area (Å²) < 4.78 is 64.4. The third kappa shape index (κ3) is 3.39. The van der Waals surface area contributed by atoms with Crippen LogP contribution in [0.15, 0.2) is 36.4 Å². The Bertz CT molecular complexity index is 664. The Morgan fingerprint density at radius 1 is 0.952 bits per heavy atom. The molecule has 0 aromatic heterocycles. The summed E-state index contributed by atoms with van der Waals surface area (Å²) in [4.78, 5) is 0. The molecule has 0 spiro atoms. The van der Waals surface area contributed by atoms with Crippen LogP contribution in [-0.2, 0) is 6.18 Å². The third-order valence-electron chi connectivity index (χ3n) is 3.06. The molecule has 21 heavy (non-hydrogen) atoms. The van der Waals surface area contributed by atoms with Gasteiger partial charge in [-0.1, -0.05) is 12.1 Å². The molecular formula is C15H11F5O. The molecule has 112 valence electrons. The van der Waals surface area contributed by atoms with Crippen LogP contribution >= 0.6 is 0 Å². The van der Waals surface area contributed by atoms with Crippen molar-refractivity contribution in [3.8, 4) is 0 Å². The fourth-order valence-corrected chi connectivity index (χ4v) is 1.96. The summed E-state index contributed by atoms with van der Waals surface area (Å²) >= 11 is 0. The Morgan fingerprint density at radius 2 is 1.62 bits per heavy atom. The number of aliphatic hydroxyl groups is 1. The normalized spacial score (nSPS) is 13.3. The largest absolute Gasteiger partial charge is 0.416 e. The molecule has 0 aliphatic heterocycles.